The van der Waals surface area contributed by atoms with Crippen LogP contribution in [-0.2, 0) is 0 Å². The van der Waals surface area contributed by atoms with Crippen LogP contribution in [0.2, 0.25) is 0 Å². The molecule has 8 aromatic carbocycles. The maximum absolute atomic E-state index is 6.53. The molecule has 0 bridgehead atoms. The van der Waals surface area contributed by atoms with E-state index in [1.807, 2.05) is 48.5 Å². The van der Waals surface area contributed by atoms with Crippen LogP contribution in [0.4, 0.5) is 0 Å². The number of hydrogen-bond donors (Lipinski definition) is 0. The average molecular weight is 718 g/mol. The molecule has 4 heteroatoms. The van der Waals surface area contributed by atoms with Gasteiger partial charge in [-0.2, -0.15) is 0 Å². The maximum atomic E-state index is 6.53. The van der Waals surface area contributed by atoms with Crippen molar-refractivity contribution in [2.45, 2.75) is 6.92 Å². The molecule has 0 aliphatic heterocycles. The number of fused-ring (bicyclic) bond motifs is 3. The number of benzene rings is 8. The van der Waals surface area contributed by atoms with Gasteiger partial charge in [0.05, 0.1) is 0 Å². The van der Waals surface area contributed by atoms with Crippen LogP contribution in [0.15, 0.2) is 199 Å². The topological polar surface area (TPSA) is 51.8 Å². The minimum absolute atomic E-state index is 0.586. The van der Waals surface area contributed by atoms with Crippen molar-refractivity contribution in [3.8, 4) is 78.7 Å². The van der Waals surface area contributed by atoms with E-state index in [1.165, 1.54) is 33.4 Å². The minimum atomic E-state index is 0.586. The van der Waals surface area contributed by atoms with Gasteiger partial charge >= 0.3 is 0 Å². The van der Waals surface area contributed by atoms with Gasteiger partial charge in [0.15, 0.2) is 17.5 Å². The fraction of sp³-hybridized carbons (Fsp3) is 0.0192. The van der Waals surface area contributed by atoms with E-state index in [1.54, 1.807) is 0 Å². The van der Waals surface area contributed by atoms with Crippen molar-refractivity contribution in [2.24, 2.45) is 0 Å². The predicted molar refractivity (Wildman–Crippen MR) is 230 cm³/mol. The average Bonchev–Trinajstić information content (AvgIpc) is 3.66. The van der Waals surface area contributed by atoms with Crippen LogP contribution in [0.25, 0.3) is 101 Å². The standard InChI is InChI=1S/C52H35N3O/c1-34-20-21-42(36-14-7-3-8-15-36)32-46(34)39-26-28-41(29-27-39)51-53-50(40-16-9-4-10-17-40)54-52(55-51)43-30-31-45-48(33-43)56-47-19-11-18-44(49(45)47)38-24-22-37(23-25-38)35-12-5-2-6-13-35/h2-33H,1H3. The van der Waals surface area contributed by atoms with E-state index >= 15 is 0 Å². The molecule has 0 saturated heterocycles. The van der Waals surface area contributed by atoms with Gasteiger partial charge in [0.2, 0.25) is 0 Å². The number of nitrogens with zero attached hydrogens (tertiary/aromatic N) is 3. The van der Waals surface area contributed by atoms with E-state index < -0.39 is 0 Å². The summed E-state index contributed by atoms with van der Waals surface area (Å²) in [4.78, 5) is 15.1. The Morgan fingerprint density at radius 2 is 0.786 bits per heavy atom. The summed E-state index contributed by atoms with van der Waals surface area (Å²) >= 11 is 0. The molecule has 0 fully saturated rings. The van der Waals surface area contributed by atoms with Crippen LogP contribution in [0, 0.1) is 6.92 Å². The zero-order valence-corrected chi connectivity index (χ0v) is 30.7. The second-order valence-corrected chi connectivity index (χ2v) is 14.1. The molecule has 0 saturated carbocycles. The minimum Gasteiger partial charge on any atom is -0.456 e. The lowest BCUT2D eigenvalue weighted by molar-refractivity contribution is 0.669. The van der Waals surface area contributed by atoms with Crippen LogP contribution >= 0.6 is 0 Å². The Morgan fingerprint density at radius 1 is 0.321 bits per heavy atom. The van der Waals surface area contributed by atoms with E-state index in [0.717, 1.165) is 55.3 Å². The highest BCUT2D eigenvalue weighted by Gasteiger charge is 2.17. The van der Waals surface area contributed by atoms with E-state index in [2.05, 4.69) is 153 Å². The van der Waals surface area contributed by atoms with Crippen molar-refractivity contribution >= 4 is 21.9 Å². The zero-order chi connectivity index (χ0) is 37.4. The Labute approximate surface area is 325 Å². The van der Waals surface area contributed by atoms with Crippen molar-refractivity contribution in [3.63, 3.8) is 0 Å². The molecule has 10 rings (SSSR count). The number of rotatable bonds is 7. The summed E-state index contributed by atoms with van der Waals surface area (Å²) in [6.07, 6.45) is 0. The lowest BCUT2D eigenvalue weighted by Crippen LogP contribution is -2.00. The summed E-state index contributed by atoms with van der Waals surface area (Å²) in [7, 11) is 0. The second-order valence-electron chi connectivity index (χ2n) is 14.1. The third kappa shape index (κ3) is 6.23. The largest absolute Gasteiger partial charge is 0.456 e. The van der Waals surface area contributed by atoms with Crippen molar-refractivity contribution in [3.05, 3.63) is 200 Å². The first-order valence-electron chi connectivity index (χ1n) is 18.8. The quantitative estimate of drug-likeness (QED) is 0.165. The Balaban J connectivity index is 1.03. The molecule has 264 valence electrons. The van der Waals surface area contributed by atoms with E-state index in [4.69, 9.17) is 19.4 Å². The Morgan fingerprint density at radius 3 is 1.43 bits per heavy atom. The van der Waals surface area contributed by atoms with Crippen LogP contribution in [0.1, 0.15) is 5.56 Å². The molecule has 0 aliphatic rings. The summed E-state index contributed by atoms with van der Waals surface area (Å²) in [6.45, 7) is 2.16. The van der Waals surface area contributed by atoms with Gasteiger partial charge in [-0.05, 0) is 81.3 Å². The number of furan rings is 1. The molecular weight excluding hydrogens is 683 g/mol. The molecule has 0 spiro atoms. The fourth-order valence-electron chi connectivity index (χ4n) is 7.57. The van der Waals surface area contributed by atoms with E-state index in [9.17, 15) is 0 Å². The lowest BCUT2D eigenvalue weighted by atomic mass is 9.94. The monoisotopic (exact) mass is 717 g/mol. The van der Waals surface area contributed by atoms with Gasteiger partial charge in [-0.1, -0.05) is 170 Å². The Hall–Kier alpha value is -7.43. The third-order valence-electron chi connectivity index (χ3n) is 10.5. The molecule has 2 aromatic heterocycles. The Bertz CT molecular complexity index is 2990. The van der Waals surface area contributed by atoms with Gasteiger partial charge in [-0.15, -0.1) is 0 Å². The molecule has 0 unspecified atom stereocenters. The summed E-state index contributed by atoms with van der Waals surface area (Å²) in [5, 5.41) is 2.14. The van der Waals surface area contributed by atoms with Gasteiger partial charge in [0.1, 0.15) is 11.2 Å². The molecule has 4 nitrogen and oxygen atoms in total. The smallest absolute Gasteiger partial charge is 0.164 e. The zero-order valence-electron chi connectivity index (χ0n) is 30.7. The van der Waals surface area contributed by atoms with Crippen molar-refractivity contribution in [1.29, 1.82) is 0 Å². The number of aromatic nitrogens is 3. The second kappa shape index (κ2) is 14.1. The predicted octanol–water partition coefficient (Wildman–Crippen LogP) is 13.7. The molecule has 0 aliphatic carbocycles. The first kappa shape index (κ1) is 33.2. The molecule has 56 heavy (non-hydrogen) atoms. The van der Waals surface area contributed by atoms with E-state index in [0.29, 0.717) is 17.5 Å². The van der Waals surface area contributed by atoms with Crippen LogP contribution in [0.3, 0.4) is 0 Å². The van der Waals surface area contributed by atoms with Gasteiger partial charge in [-0.25, -0.2) is 15.0 Å². The van der Waals surface area contributed by atoms with Crippen LogP contribution in [0.5, 0.6) is 0 Å². The summed E-state index contributed by atoms with van der Waals surface area (Å²) in [5.41, 5.74) is 14.9. The molecule has 2 heterocycles. The summed E-state index contributed by atoms with van der Waals surface area (Å²) < 4.78 is 6.53. The summed E-state index contributed by atoms with van der Waals surface area (Å²) in [6, 6.07) is 67.5. The third-order valence-corrected chi connectivity index (χ3v) is 10.5. The SMILES string of the molecule is Cc1ccc(-c2ccccc2)cc1-c1ccc(-c2nc(-c3ccccc3)nc(-c3ccc4c(c3)oc3cccc(-c5ccc(-c6ccccc6)cc5)c34)n2)cc1. The highest BCUT2D eigenvalue weighted by molar-refractivity contribution is 6.13. The molecule has 10 aromatic rings. The van der Waals surface area contributed by atoms with Crippen LogP contribution < -0.4 is 0 Å². The van der Waals surface area contributed by atoms with Gasteiger partial charge in [0.25, 0.3) is 0 Å². The van der Waals surface area contributed by atoms with Gasteiger partial charge < -0.3 is 4.42 Å². The highest BCUT2D eigenvalue weighted by atomic mass is 16.3. The molecule has 0 N–H and O–H groups in total. The first-order chi connectivity index (χ1) is 27.6. The van der Waals surface area contributed by atoms with Crippen molar-refractivity contribution < 1.29 is 4.42 Å². The molecule has 0 amide bonds. The Kier molecular flexibility index (Phi) is 8.34. The molecule has 0 atom stereocenters. The van der Waals surface area contributed by atoms with Crippen molar-refractivity contribution in [2.75, 3.05) is 0 Å². The molecule has 0 radical (unpaired) electrons. The first-order valence-corrected chi connectivity index (χ1v) is 18.8. The summed E-state index contributed by atoms with van der Waals surface area (Å²) in [5.74, 6) is 1.82. The highest BCUT2D eigenvalue weighted by Crippen LogP contribution is 2.39. The maximum Gasteiger partial charge on any atom is 0.164 e. The van der Waals surface area contributed by atoms with Crippen LogP contribution in [-0.4, -0.2) is 15.0 Å². The fourth-order valence-corrected chi connectivity index (χ4v) is 7.57. The molecular formula is C52H35N3O. The number of hydrogen-bond acceptors (Lipinski definition) is 4. The van der Waals surface area contributed by atoms with Crippen molar-refractivity contribution in [1.82, 2.24) is 15.0 Å². The van der Waals surface area contributed by atoms with Gasteiger partial charge in [-0.3, -0.25) is 0 Å². The van der Waals surface area contributed by atoms with Gasteiger partial charge in [0, 0.05) is 27.5 Å². The lowest BCUT2D eigenvalue weighted by Gasteiger charge is -2.11. The normalized spacial score (nSPS) is 11.3. The van der Waals surface area contributed by atoms with E-state index in [-0.39, 0.29) is 0 Å². The number of aryl methyl sites for hydroxylation is 1.